The summed E-state index contributed by atoms with van der Waals surface area (Å²) in [6.07, 6.45) is 0.921. The van der Waals surface area contributed by atoms with Gasteiger partial charge in [-0.2, -0.15) is 0 Å². The van der Waals surface area contributed by atoms with Gasteiger partial charge in [0.25, 0.3) is 0 Å². The number of benzene rings is 1. The zero-order valence-electron chi connectivity index (χ0n) is 13.0. The first-order valence-corrected chi connectivity index (χ1v) is 7.08. The Morgan fingerprint density at radius 3 is 2.71 bits per heavy atom. The number of aliphatic imine (C=N–C) groups is 1. The number of rotatable bonds is 8. The lowest BCUT2D eigenvalue weighted by Crippen LogP contribution is -2.38. The van der Waals surface area contributed by atoms with Gasteiger partial charge in [0, 0.05) is 26.8 Å². The number of methoxy groups -OCH3 is 2. The second kappa shape index (κ2) is 9.88. The van der Waals surface area contributed by atoms with Crippen LogP contribution in [0.2, 0.25) is 0 Å². The van der Waals surface area contributed by atoms with Crippen molar-refractivity contribution in [3.05, 3.63) is 23.8 Å². The van der Waals surface area contributed by atoms with Crippen molar-refractivity contribution in [2.75, 3.05) is 33.9 Å². The van der Waals surface area contributed by atoms with Crippen molar-refractivity contribution in [2.24, 2.45) is 4.99 Å². The fourth-order valence-corrected chi connectivity index (χ4v) is 1.77. The highest BCUT2D eigenvalue weighted by molar-refractivity contribution is 5.79. The fraction of sp³-hybridized carbons (Fsp3) is 0.533. The average Bonchev–Trinajstić information content (AvgIpc) is 2.49. The van der Waals surface area contributed by atoms with Gasteiger partial charge in [0.1, 0.15) is 0 Å². The number of guanidine groups is 1. The minimum atomic E-state index is 0.128. The van der Waals surface area contributed by atoms with Crippen molar-refractivity contribution in [1.29, 1.82) is 0 Å². The first-order valence-electron chi connectivity index (χ1n) is 7.08. The predicted octanol–water partition coefficient (Wildman–Crippen LogP) is 1.49. The normalized spacial score (nSPS) is 11.3. The molecule has 0 aliphatic carbocycles. The summed E-state index contributed by atoms with van der Waals surface area (Å²) in [6, 6.07) is 5.28. The van der Waals surface area contributed by atoms with Crippen LogP contribution in [-0.2, 0) is 11.3 Å². The molecule has 21 heavy (non-hydrogen) atoms. The summed E-state index contributed by atoms with van der Waals surface area (Å²) in [5.41, 5.74) is 0.919. The van der Waals surface area contributed by atoms with E-state index in [4.69, 9.17) is 9.47 Å². The summed E-state index contributed by atoms with van der Waals surface area (Å²) in [7, 11) is 3.22. The Bertz CT molecular complexity index is 450. The van der Waals surface area contributed by atoms with Crippen LogP contribution < -0.4 is 15.4 Å². The van der Waals surface area contributed by atoms with Gasteiger partial charge in [0.05, 0.1) is 13.7 Å². The molecule has 3 N–H and O–H groups in total. The molecule has 0 saturated carbocycles. The van der Waals surface area contributed by atoms with Crippen molar-refractivity contribution >= 4 is 5.96 Å². The van der Waals surface area contributed by atoms with E-state index in [2.05, 4.69) is 15.6 Å². The minimum absolute atomic E-state index is 0.128. The molecule has 118 valence electrons. The molecular formula is C15H25N3O3. The van der Waals surface area contributed by atoms with Crippen molar-refractivity contribution in [1.82, 2.24) is 10.6 Å². The second-order valence-corrected chi connectivity index (χ2v) is 4.47. The number of nitrogens with zero attached hydrogens (tertiary/aromatic N) is 1. The molecule has 0 aromatic heterocycles. The number of ether oxygens (including phenoxy) is 2. The van der Waals surface area contributed by atoms with Gasteiger partial charge in [-0.3, -0.25) is 0 Å². The van der Waals surface area contributed by atoms with Crippen LogP contribution in [0.5, 0.6) is 11.5 Å². The Kier molecular flexibility index (Phi) is 8.04. The third kappa shape index (κ3) is 6.35. The van der Waals surface area contributed by atoms with Crippen LogP contribution in [0, 0.1) is 0 Å². The molecule has 0 spiro atoms. The van der Waals surface area contributed by atoms with E-state index in [-0.39, 0.29) is 5.75 Å². The Balaban J connectivity index is 2.58. The number of phenolic OH excluding ortho intramolecular Hbond substituents is 1. The van der Waals surface area contributed by atoms with Gasteiger partial charge in [0.15, 0.2) is 17.5 Å². The zero-order chi connectivity index (χ0) is 15.5. The van der Waals surface area contributed by atoms with Crippen molar-refractivity contribution < 1.29 is 14.6 Å². The summed E-state index contributed by atoms with van der Waals surface area (Å²) < 4.78 is 10.0. The molecular weight excluding hydrogens is 270 g/mol. The third-order valence-corrected chi connectivity index (χ3v) is 2.82. The lowest BCUT2D eigenvalue weighted by atomic mass is 10.2. The molecule has 6 heteroatoms. The van der Waals surface area contributed by atoms with E-state index < -0.39 is 0 Å². The zero-order valence-corrected chi connectivity index (χ0v) is 13.0. The lowest BCUT2D eigenvalue weighted by molar-refractivity contribution is 0.195. The molecule has 0 atom stereocenters. The maximum Gasteiger partial charge on any atom is 0.191 e. The summed E-state index contributed by atoms with van der Waals surface area (Å²) in [5, 5.41) is 16.2. The van der Waals surface area contributed by atoms with Gasteiger partial charge in [-0.15, -0.1) is 0 Å². The quantitative estimate of drug-likeness (QED) is 0.385. The Morgan fingerprint density at radius 1 is 1.29 bits per heavy atom. The molecule has 0 amide bonds. The van der Waals surface area contributed by atoms with Crippen LogP contribution in [0.4, 0.5) is 0 Å². The summed E-state index contributed by atoms with van der Waals surface area (Å²) >= 11 is 0. The van der Waals surface area contributed by atoms with Crippen LogP contribution in [0.25, 0.3) is 0 Å². The molecule has 0 aliphatic rings. The van der Waals surface area contributed by atoms with Crippen molar-refractivity contribution in [3.8, 4) is 11.5 Å². The van der Waals surface area contributed by atoms with Gasteiger partial charge in [0.2, 0.25) is 0 Å². The van der Waals surface area contributed by atoms with Crippen LogP contribution in [0.1, 0.15) is 18.9 Å². The highest BCUT2D eigenvalue weighted by Gasteiger charge is 2.02. The monoisotopic (exact) mass is 295 g/mol. The molecule has 1 rings (SSSR count). The number of hydrogen-bond acceptors (Lipinski definition) is 4. The third-order valence-electron chi connectivity index (χ3n) is 2.82. The van der Waals surface area contributed by atoms with Gasteiger partial charge in [-0.1, -0.05) is 6.07 Å². The molecule has 0 saturated heterocycles. The number of phenols is 1. The van der Waals surface area contributed by atoms with E-state index in [0.717, 1.165) is 37.6 Å². The van der Waals surface area contributed by atoms with Gasteiger partial charge in [-0.25, -0.2) is 4.99 Å². The number of aromatic hydroxyl groups is 1. The molecule has 0 aliphatic heterocycles. The Morgan fingerprint density at radius 2 is 2.10 bits per heavy atom. The molecule has 0 radical (unpaired) electrons. The van der Waals surface area contributed by atoms with Crippen molar-refractivity contribution in [3.63, 3.8) is 0 Å². The highest BCUT2D eigenvalue weighted by atomic mass is 16.5. The second-order valence-electron chi connectivity index (χ2n) is 4.47. The summed E-state index contributed by atoms with van der Waals surface area (Å²) in [5.74, 6) is 1.35. The van der Waals surface area contributed by atoms with Gasteiger partial charge in [-0.05, 0) is 31.0 Å². The predicted molar refractivity (Wildman–Crippen MR) is 84.0 cm³/mol. The molecule has 0 unspecified atom stereocenters. The first-order chi connectivity index (χ1) is 10.2. The van der Waals surface area contributed by atoms with E-state index >= 15 is 0 Å². The maximum atomic E-state index is 9.74. The first kappa shape index (κ1) is 17.1. The molecule has 0 bridgehead atoms. The van der Waals surface area contributed by atoms with E-state index in [9.17, 15) is 5.11 Å². The van der Waals surface area contributed by atoms with Crippen LogP contribution in [0.15, 0.2) is 23.2 Å². The largest absolute Gasteiger partial charge is 0.504 e. The lowest BCUT2D eigenvalue weighted by Gasteiger charge is -2.11. The smallest absolute Gasteiger partial charge is 0.191 e. The molecule has 1 aromatic rings. The Labute approximate surface area is 126 Å². The standard InChI is InChI=1S/C15H25N3O3/c1-4-16-15(17-8-5-9-20-2)18-11-12-6-7-14(21-3)13(19)10-12/h6-7,10,19H,4-5,8-9,11H2,1-3H3,(H2,16,17,18). The minimum Gasteiger partial charge on any atom is -0.504 e. The van der Waals surface area contributed by atoms with E-state index in [1.807, 2.05) is 13.0 Å². The molecule has 6 nitrogen and oxygen atoms in total. The topological polar surface area (TPSA) is 75.1 Å². The number of nitrogens with one attached hydrogen (secondary N) is 2. The molecule has 0 heterocycles. The highest BCUT2D eigenvalue weighted by Crippen LogP contribution is 2.26. The van der Waals surface area contributed by atoms with Crippen molar-refractivity contribution in [2.45, 2.75) is 19.9 Å². The summed E-state index contributed by atoms with van der Waals surface area (Å²) in [4.78, 5) is 4.48. The number of hydrogen-bond donors (Lipinski definition) is 3. The van der Waals surface area contributed by atoms with E-state index in [1.54, 1.807) is 19.2 Å². The van der Waals surface area contributed by atoms with Crippen LogP contribution in [-0.4, -0.2) is 45.0 Å². The van der Waals surface area contributed by atoms with E-state index in [0.29, 0.717) is 12.3 Å². The van der Waals surface area contributed by atoms with Crippen LogP contribution >= 0.6 is 0 Å². The molecule has 0 fully saturated rings. The fourth-order valence-electron chi connectivity index (χ4n) is 1.77. The molecule has 1 aromatic carbocycles. The average molecular weight is 295 g/mol. The maximum absolute atomic E-state index is 9.74. The Hall–Kier alpha value is -1.95. The van der Waals surface area contributed by atoms with Gasteiger partial charge < -0.3 is 25.2 Å². The van der Waals surface area contributed by atoms with E-state index in [1.165, 1.54) is 7.11 Å². The SMILES string of the molecule is CCNC(=NCc1ccc(OC)c(O)c1)NCCCOC. The van der Waals surface area contributed by atoms with Gasteiger partial charge >= 0.3 is 0 Å². The van der Waals surface area contributed by atoms with Crippen LogP contribution in [0.3, 0.4) is 0 Å². The summed E-state index contributed by atoms with van der Waals surface area (Å²) in [6.45, 7) is 4.82.